The van der Waals surface area contributed by atoms with Gasteiger partial charge in [0, 0.05) is 33.1 Å². The van der Waals surface area contributed by atoms with E-state index in [0.29, 0.717) is 21.8 Å². The van der Waals surface area contributed by atoms with Crippen LogP contribution in [0.5, 0.6) is 0 Å². The lowest BCUT2D eigenvalue weighted by Gasteiger charge is -2.39. The maximum atomic E-state index is 14.9. The van der Waals surface area contributed by atoms with Crippen molar-refractivity contribution in [3.05, 3.63) is 135 Å². The molecule has 202 valence electrons. The smallest absolute Gasteiger partial charge is 0.238 e. The highest BCUT2D eigenvalue weighted by Crippen LogP contribution is 2.59. The van der Waals surface area contributed by atoms with Crippen molar-refractivity contribution in [2.45, 2.75) is 24.4 Å². The molecule has 0 bridgehead atoms. The van der Waals surface area contributed by atoms with Crippen LogP contribution in [0.15, 0.2) is 103 Å². The fourth-order valence-corrected chi connectivity index (χ4v) is 7.52. The van der Waals surface area contributed by atoms with Crippen LogP contribution in [0.1, 0.15) is 38.8 Å². The second-order valence-corrected chi connectivity index (χ2v) is 11.6. The van der Waals surface area contributed by atoms with Gasteiger partial charge in [0.25, 0.3) is 0 Å². The van der Waals surface area contributed by atoms with E-state index in [1.165, 1.54) is 6.07 Å². The Morgan fingerprint density at radius 2 is 1.56 bits per heavy atom. The van der Waals surface area contributed by atoms with E-state index in [4.69, 9.17) is 23.2 Å². The molecule has 4 aromatic carbocycles. The Kier molecular flexibility index (Phi) is 5.93. The van der Waals surface area contributed by atoms with Crippen molar-refractivity contribution in [3.63, 3.8) is 0 Å². The van der Waals surface area contributed by atoms with E-state index in [2.05, 4.69) is 5.32 Å². The molecule has 41 heavy (non-hydrogen) atoms. The minimum Gasteiger partial charge on any atom is -0.352 e. The number of hydrogen-bond acceptors (Lipinski definition) is 4. The number of nitrogens with zero attached hydrogens (tertiary/aromatic N) is 1. The molecule has 1 saturated heterocycles. The average Bonchev–Trinajstić information content (AvgIpc) is 3.45. The SMILES string of the molecule is CC1=C[C@@H]2N(c3ccccc31)[C@H](C(=O)c1ccccc1)[C@H](C(=O)c1ccc(Cl)cc1Cl)[C@]21C(=O)Nc2ccccc21. The first-order chi connectivity index (χ1) is 19.8. The molecule has 7 heteroatoms. The number of allylic oxidation sites excluding steroid dienone is 1. The topological polar surface area (TPSA) is 66.5 Å². The Morgan fingerprint density at radius 1 is 0.854 bits per heavy atom. The number of carbonyl (C=O) groups is 3. The lowest BCUT2D eigenvalue weighted by atomic mass is 9.64. The lowest BCUT2D eigenvalue weighted by molar-refractivity contribution is -0.121. The summed E-state index contributed by atoms with van der Waals surface area (Å²) in [6.45, 7) is 2.00. The van der Waals surface area contributed by atoms with Gasteiger partial charge in [0.15, 0.2) is 11.6 Å². The highest BCUT2D eigenvalue weighted by molar-refractivity contribution is 6.37. The van der Waals surface area contributed by atoms with Gasteiger partial charge in [-0.1, -0.05) is 96.0 Å². The first-order valence-electron chi connectivity index (χ1n) is 13.4. The monoisotopic (exact) mass is 578 g/mol. The minimum absolute atomic E-state index is 0.173. The molecule has 1 spiro atoms. The molecule has 4 aromatic rings. The molecular formula is C34H24Cl2N2O3. The Hall–Kier alpha value is -4.19. The Balaban J connectivity index is 1.57. The summed E-state index contributed by atoms with van der Waals surface area (Å²) in [5, 5.41) is 3.61. The maximum Gasteiger partial charge on any atom is 0.238 e. The van der Waals surface area contributed by atoms with E-state index >= 15 is 0 Å². The van der Waals surface area contributed by atoms with Crippen molar-refractivity contribution in [2.24, 2.45) is 5.92 Å². The Morgan fingerprint density at radius 3 is 2.34 bits per heavy atom. The van der Waals surface area contributed by atoms with Crippen LogP contribution in [0.3, 0.4) is 0 Å². The predicted octanol–water partition coefficient (Wildman–Crippen LogP) is 7.24. The van der Waals surface area contributed by atoms with Crippen LogP contribution in [-0.2, 0) is 10.2 Å². The molecule has 3 aliphatic rings. The summed E-state index contributed by atoms with van der Waals surface area (Å²) >= 11 is 12.8. The first kappa shape index (κ1) is 25.8. The third-order valence-corrected chi connectivity index (χ3v) is 9.24. The number of Topliss-reactive ketones (excluding diaryl/α,β-unsaturated/α-hetero) is 2. The van der Waals surface area contributed by atoms with Crippen LogP contribution < -0.4 is 10.2 Å². The third kappa shape index (κ3) is 3.59. The van der Waals surface area contributed by atoms with Gasteiger partial charge in [-0.15, -0.1) is 0 Å². The minimum atomic E-state index is -1.40. The van der Waals surface area contributed by atoms with Gasteiger partial charge >= 0.3 is 0 Å². The molecule has 4 atom stereocenters. The maximum absolute atomic E-state index is 14.9. The highest BCUT2D eigenvalue weighted by Gasteiger charge is 2.70. The van der Waals surface area contributed by atoms with Crippen molar-refractivity contribution < 1.29 is 14.4 Å². The van der Waals surface area contributed by atoms with Crippen LogP contribution in [-0.4, -0.2) is 29.6 Å². The molecule has 0 saturated carbocycles. The number of benzene rings is 4. The Labute approximate surface area is 247 Å². The zero-order valence-corrected chi connectivity index (χ0v) is 23.5. The average molecular weight is 579 g/mol. The molecular weight excluding hydrogens is 555 g/mol. The number of hydrogen-bond donors (Lipinski definition) is 1. The normalized spacial score (nSPS) is 23.9. The molecule has 1 N–H and O–H groups in total. The van der Waals surface area contributed by atoms with E-state index in [1.807, 2.05) is 72.5 Å². The molecule has 0 radical (unpaired) electrons. The second-order valence-electron chi connectivity index (χ2n) is 10.7. The molecule has 0 unspecified atom stereocenters. The van der Waals surface area contributed by atoms with Gasteiger partial charge in [-0.25, -0.2) is 0 Å². The Bertz CT molecular complexity index is 1800. The van der Waals surface area contributed by atoms with Gasteiger partial charge in [0.2, 0.25) is 5.91 Å². The van der Waals surface area contributed by atoms with Crippen molar-refractivity contribution in [3.8, 4) is 0 Å². The molecule has 0 aromatic heterocycles. The second kappa shape index (κ2) is 9.44. The molecule has 0 aliphatic carbocycles. The molecule has 1 amide bonds. The summed E-state index contributed by atoms with van der Waals surface area (Å²) in [6, 6.07) is 27.3. The lowest BCUT2D eigenvalue weighted by Crippen LogP contribution is -2.51. The quantitative estimate of drug-likeness (QED) is 0.259. The first-order valence-corrected chi connectivity index (χ1v) is 14.1. The van der Waals surface area contributed by atoms with Crippen LogP contribution in [0.25, 0.3) is 5.57 Å². The van der Waals surface area contributed by atoms with Crippen molar-refractivity contribution in [2.75, 3.05) is 10.2 Å². The number of anilines is 2. The number of fused-ring (bicyclic) bond motifs is 6. The van der Waals surface area contributed by atoms with Gasteiger partial charge in [-0.3, -0.25) is 14.4 Å². The number of amides is 1. The molecule has 3 aliphatic heterocycles. The van der Waals surface area contributed by atoms with Gasteiger partial charge in [-0.2, -0.15) is 0 Å². The largest absolute Gasteiger partial charge is 0.352 e. The summed E-state index contributed by atoms with van der Waals surface area (Å²) in [6.07, 6.45) is 2.03. The molecule has 1 fully saturated rings. The summed E-state index contributed by atoms with van der Waals surface area (Å²) in [5.74, 6) is -2.04. The highest BCUT2D eigenvalue weighted by atomic mass is 35.5. The summed E-state index contributed by atoms with van der Waals surface area (Å²) in [5.41, 5.74) is 3.34. The zero-order valence-electron chi connectivity index (χ0n) is 22.0. The van der Waals surface area contributed by atoms with Crippen molar-refractivity contribution in [1.29, 1.82) is 0 Å². The number of ketones is 2. The van der Waals surface area contributed by atoms with Crippen molar-refractivity contribution in [1.82, 2.24) is 0 Å². The number of para-hydroxylation sites is 2. The predicted molar refractivity (Wildman–Crippen MR) is 162 cm³/mol. The molecule has 7 rings (SSSR count). The number of halogens is 2. The number of nitrogens with one attached hydrogen (secondary N) is 1. The van der Waals surface area contributed by atoms with Gasteiger partial charge < -0.3 is 10.2 Å². The van der Waals surface area contributed by atoms with Gasteiger partial charge in [0.05, 0.1) is 17.0 Å². The van der Waals surface area contributed by atoms with Crippen LogP contribution in [0.4, 0.5) is 11.4 Å². The summed E-state index contributed by atoms with van der Waals surface area (Å²) < 4.78 is 0. The summed E-state index contributed by atoms with van der Waals surface area (Å²) in [7, 11) is 0. The van der Waals surface area contributed by atoms with E-state index < -0.39 is 23.4 Å². The van der Waals surface area contributed by atoms with Crippen LogP contribution in [0, 0.1) is 5.92 Å². The third-order valence-electron chi connectivity index (χ3n) is 8.69. The van der Waals surface area contributed by atoms with Gasteiger partial charge in [-0.05, 0) is 48.4 Å². The van der Waals surface area contributed by atoms with E-state index in [-0.39, 0.29) is 28.1 Å². The molecule has 3 heterocycles. The standard InChI is InChI=1S/C34H24Cl2N2O3/c1-19-17-28-34(24-12-6-7-13-26(24)37-33(34)41)29(32(40)23-16-15-21(35)18-25(23)36)30(31(39)20-9-3-2-4-10-20)38(28)27-14-8-5-11-22(19)27/h2-18,28-30H,1H3,(H,37,41)/t28-,29+,30-,34+/m0/s1. The zero-order chi connectivity index (χ0) is 28.5. The van der Waals surface area contributed by atoms with E-state index in [9.17, 15) is 14.4 Å². The van der Waals surface area contributed by atoms with Crippen molar-refractivity contribution >= 4 is 57.6 Å². The van der Waals surface area contributed by atoms with Crippen LogP contribution in [0.2, 0.25) is 10.0 Å². The fourth-order valence-electron chi connectivity index (χ4n) is 7.02. The number of rotatable bonds is 4. The fraction of sp³-hybridized carbons (Fsp3) is 0.147. The van der Waals surface area contributed by atoms with E-state index in [0.717, 1.165) is 16.8 Å². The summed E-state index contributed by atoms with van der Waals surface area (Å²) in [4.78, 5) is 45.9. The van der Waals surface area contributed by atoms with E-state index in [1.54, 1.807) is 36.4 Å². The number of carbonyl (C=O) groups excluding carboxylic acids is 3. The van der Waals surface area contributed by atoms with Gasteiger partial charge in [0.1, 0.15) is 11.5 Å². The van der Waals surface area contributed by atoms with Crippen LogP contribution >= 0.6 is 23.2 Å². The molecule has 5 nitrogen and oxygen atoms in total.